The summed E-state index contributed by atoms with van der Waals surface area (Å²) in [5.41, 5.74) is 0. The molecule has 0 aliphatic carbocycles. The Morgan fingerprint density at radius 3 is 2.47 bits per heavy atom. The van der Waals surface area contributed by atoms with Gasteiger partial charge in [0.2, 0.25) is 17.8 Å². The Labute approximate surface area is 107 Å². The Balaban J connectivity index is 2.66. The van der Waals surface area contributed by atoms with Gasteiger partial charge in [0.25, 0.3) is 0 Å². The molecule has 7 heteroatoms. The van der Waals surface area contributed by atoms with Crippen molar-refractivity contribution >= 4 is 29.6 Å². The lowest BCUT2D eigenvalue weighted by molar-refractivity contribution is 0.923. The average molecular weight is 256 g/mol. The third-order valence-electron chi connectivity index (χ3n) is 2.06. The normalized spacial score (nSPS) is 10.1. The highest BCUT2D eigenvalue weighted by Crippen LogP contribution is 2.10. The molecule has 0 atom stereocenters. The predicted molar refractivity (Wildman–Crippen MR) is 75.2 cm³/mol. The van der Waals surface area contributed by atoms with Crippen LogP contribution in [0.2, 0.25) is 0 Å². The molecule has 0 bridgehead atoms. The SMILES string of the molecule is CNc1nc(NCCCSC)nc(N(C)C)n1. The van der Waals surface area contributed by atoms with Crippen molar-refractivity contribution in [2.24, 2.45) is 0 Å². The molecule has 17 heavy (non-hydrogen) atoms. The second kappa shape index (κ2) is 7.16. The number of anilines is 3. The van der Waals surface area contributed by atoms with Gasteiger partial charge in [0.1, 0.15) is 0 Å². The van der Waals surface area contributed by atoms with Gasteiger partial charge in [-0.15, -0.1) is 0 Å². The van der Waals surface area contributed by atoms with Crippen LogP contribution in [0.25, 0.3) is 0 Å². The molecule has 0 fully saturated rings. The minimum Gasteiger partial charge on any atom is -0.357 e. The fourth-order valence-electron chi connectivity index (χ4n) is 1.17. The molecule has 0 radical (unpaired) electrons. The van der Waals surface area contributed by atoms with Gasteiger partial charge in [0.15, 0.2) is 0 Å². The van der Waals surface area contributed by atoms with Gasteiger partial charge >= 0.3 is 0 Å². The Bertz CT molecular complexity index is 344. The first-order chi connectivity index (χ1) is 8.17. The molecule has 2 N–H and O–H groups in total. The fourth-order valence-corrected chi connectivity index (χ4v) is 1.61. The highest BCUT2D eigenvalue weighted by atomic mass is 32.2. The Kier molecular flexibility index (Phi) is 5.82. The summed E-state index contributed by atoms with van der Waals surface area (Å²) in [4.78, 5) is 14.7. The average Bonchev–Trinajstić information content (AvgIpc) is 2.34. The first kappa shape index (κ1) is 13.8. The number of aromatic nitrogens is 3. The number of nitrogens with zero attached hydrogens (tertiary/aromatic N) is 4. The van der Waals surface area contributed by atoms with Crippen LogP contribution < -0.4 is 15.5 Å². The first-order valence-corrected chi connectivity index (χ1v) is 6.90. The fraction of sp³-hybridized carbons (Fsp3) is 0.700. The van der Waals surface area contributed by atoms with Crippen molar-refractivity contribution in [3.63, 3.8) is 0 Å². The van der Waals surface area contributed by atoms with Gasteiger partial charge in [0, 0.05) is 27.7 Å². The Hall–Kier alpha value is -1.24. The van der Waals surface area contributed by atoms with E-state index in [2.05, 4.69) is 31.8 Å². The molecule has 0 saturated carbocycles. The maximum Gasteiger partial charge on any atom is 0.231 e. The zero-order chi connectivity index (χ0) is 12.7. The van der Waals surface area contributed by atoms with E-state index in [9.17, 15) is 0 Å². The standard InChI is InChI=1S/C10H20N6S/c1-11-8-13-9(12-6-5-7-17-4)15-10(14-8)16(2)3/h5-7H2,1-4H3,(H2,11,12,13,14,15). The summed E-state index contributed by atoms with van der Waals surface area (Å²) in [7, 11) is 5.62. The molecule has 0 aliphatic heterocycles. The second-order valence-corrected chi connectivity index (χ2v) is 4.69. The lowest BCUT2D eigenvalue weighted by Gasteiger charge is -2.13. The third-order valence-corrected chi connectivity index (χ3v) is 2.75. The Morgan fingerprint density at radius 1 is 1.18 bits per heavy atom. The molecule has 1 aromatic heterocycles. The van der Waals surface area contributed by atoms with Crippen molar-refractivity contribution in [1.82, 2.24) is 15.0 Å². The van der Waals surface area contributed by atoms with E-state index in [1.54, 1.807) is 7.05 Å². The molecule has 0 amide bonds. The van der Waals surface area contributed by atoms with Crippen LogP contribution in [0.1, 0.15) is 6.42 Å². The minimum absolute atomic E-state index is 0.580. The zero-order valence-electron chi connectivity index (χ0n) is 10.8. The van der Waals surface area contributed by atoms with Crippen molar-refractivity contribution in [2.45, 2.75) is 6.42 Å². The van der Waals surface area contributed by atoms with Crippen LogP contribution in [0, 0.1) is 0 Å². The highest BCUT2D eigenvalue weighted by molar-refractivity contribution is 7.98. The van der Waals surface area contributed by atoms with Gasteiger partial charge in [-0.1, -0.05) is 0 Å². The van der Waals surface area contributed by atoms with Gasteiger partial charge < -0.3 is 15.5 Å². The Morgan fingerprint density at radius 2 is 1.88 bits per heavy atom. The predicted octanol–water partition coefficient (Wildman–Crippen LogP) is 1.14. The minimum atomic E-state index is 0.580. The number of rotatable bonds is 7. The largest absolute Gasteiger partial charge is 0.357 e. The van der Waals surface area contributed by atoms with Crippen LogP contribution in [0.15, 0.2) is 0 Å². The summed E-state index contributed by atoms with van der Waals surface area (Å²) in [6.07, 6.45) is 3.20. The van der Waals surface area contributed by atoms with Gasteiger partial charge in [-0.3, -0.25) is 0 Å². The van der Waals surface area contributed by atoms with E-state index in [0.717, 1.165) is 18.7 Å². The highest BCUT2D eigenvalue weighted by Gasteiger charge is 2.06. The van der Waals surface area contributed by atoms with Crippen LogP contribution in [-0.4, -0.2) is 54.6 Å². The molecule has 0 aliphatic rings. The number of nitrogens with one attached hydrogen (secondary N) is 2. The molecule has 96 valence electrons. The summed E-state index contributed by atoms with van der Waals surface area (Å²) in [6.45, 7) is 0.876. The summed E-state index contributed by atoms with van der Waals surface area (Å²) in [5, 5.41) is 6.14. The van der Waals surface area contributed by atoms with Gasteiger partial charge in [-0.05, 0) is 18.4 Å². The monoisotopic (exact) mass is 256 g/mol. The summed E-state index contributed by atoms with van der Waals surface area (Å²) >= 11 is 1.84. The first-order valence-electron chi connectivity index (χ1n) is 5.51. The van der Waals surface area contributed by atoms with Gasteiger partial charge in [-0.25, -0.2) is 0 Å². The second-order valence-electron chi connectivity index (χ2n) is 3.70. The number of hydrogen-bond donors (Lipinski definition) is 2. The molecule has 1 rings (SSSR count). The molecule has 0 spiro atoms. The maximum atomic E-state index is 4.32. The third kappa shape index (κ3) is 4.64. The van der Waals surface area contributed by atoms with E-state index in [0.29, 0.717) is 17.8 Å². The zero-order valence-corrected chi connectivity index (χ0v) is 11.6. The molecule has 0 unspecified atom stereocenters. The van der Waals surface area contributed by atoms with Crippen LogP contribution >= 0.6 is 11.8 Å². The molecular weight excluding hydrogens is 236 g/mol. The van der Waals surface area contributed by atoms with Crippen molar-refractivity contribution < 1.29 is 0 Å². The van der Waals surface area contributed by atoms with E-state index in [4.69, 9.17) is 0 Å². The maximum absolute atomic E-state index is 4.32. The van der Waals surface area contributed by atoms with Crippen molar-refractivity contribution in [2.75, 3.05) is 55.2 Å². The van der Waals surface area contributed by atoms with Crippen molar-refractivity contribution in [3.05, 3.63) is 0 Å². The van der Waals surface area contributed by atoms with Crippen LogP contribution in [0.5, 0.6) is 0 Å². The molecule has 6 nitrogen and oxygen atoms in total. The quantitative estimate of drug-likeness (QED) is 0.709. The van der Waals surface area contributed by atoms with Crippen molar-refractivity contribution in [3.8, 4) is 0 Å². The lowest BCUT2D eigenvalue weighted by atomic mass is 10.5. The van der Waals surface area contributed by atoms with Crippen molar-refractivity contribution in [1.29, 1.82) is 0 Å². The molecule has 0 aromatic carbocycles. The topological polar surface area (TPSA) is 66.0 Å². The van der Waals surface area contributed by atoms with Crippen LogP contribution in [0.3, 0.4) is 0 Å². The summed E-state index contributed by atoms with van der Waals surface area (Å²) in [6, 6.07) is 0. The summed E-state index contributed by atoms with van der Waals surface area (Å²) in [5.74, 6) is 2.99. The van der Waals surface area contributed by atoms with E-state index in [1.807, 2.05) is 30.8 Å². The lowest BCUT2D eigenvalue weighted by Crippen LogP contribution is -2.17. The molecule has 1 aromatic rings. The molecule has 0 saturated heterocycles. The number of hydrogen-bond acceptors (Lipinski definition) is 7. The van der Waals surface area contributed by atoms with E-state index >= 15 is 0 Å². The molecule has 1 heterocycles. The van der Waals surface area contributed by atoms with E-state index in [1.165, 1.54) is 0 Å². The van der Waals surface area contributed by atoms with Crippen LogP contribution in [0.4, 0.5) is 17.8 Å². The number of thioether (sulfide) groups is 1. The van der Waals surface area contributed by atoms with Gasteiger partial charge in [0.05, 0.1) is 0 Å². The van der Waals surface area contributed by atoms with Gasteiger partial charge in [-0.2, -0.15) is 26.7 Å². The summed E-state index contributed by atoms with van der Waals surface area (Å²) < 4.78 is 0. The van der Waals surface area contributed by atoms with E-state index in [-0.39, 0.29) is 0 Å². The van der Waals surface area contributed by atoms with E-state index < -0.39 is 0 Å². The molecular formula is C10H20N6S. The van der Waals surface area contributed by atoms with Crippen LogP contribution in [-0.2, 0) is 0 Å². The smallest absolute Gasteiger partial charge is 0.231 e.